The van der Waals surface area contributed by atoms with Gasteiger partial charge in [-0.2, -0.15) is 13.2 Å². The minimum Gasteiger partial charge on any atom is -0.478 e. The second kappa shape index (κ2) is 8.46. The van der Waals surface area contributed by atoms with Crippen molar-refractivity contribution in [3.8, 4) is 28.2 Å². The topological polar surface area (TPSA) is 75.4 Å². The number of imidazole rings is 1. The molecule has 0 saturated carbocycles. The average molecular weight is 466 g/mol. The molecule has 4 aromatic rings. The van der Waals surface area contributed by atoms with Crippen LogP contribution in [0.3, 0.4) is 0 Å². The smallest absolute Gasteiger partial charge is 0.417 e. The normalized spacial score (nSPS) is 12.1. The van der Waals surface area contributed by atoms with E-state index < -0.39 is 23.3 Å². The fraction of sp³-hybridized carbons (Fsp3) is 0.154. The number of aromatic nitrogens is 2. The molecule has 0 radical (unpaired) electrons. The molecule has 174 valence electrons. The van der Waals surface area contributed by atoms with Crippen molar-refractivity contribution < 1.29 is 28.2 Å². The van der Waals surface area contributed by atoms with E-state index in [9.17, 15) is 23.1 Å². The highest BCUT2D eigenvalue weighted by molar-refractivity contribution is 5.88. The minimum atomic E-state index is -4.59. The third-order valence-electron chi connectivity index (χ3n) is 5.40. The number of carboxylic acid groups (broad SMARTS) is 1. The van der Waals surface area contributed by atoms with Crippen LogP contribution in [0.5, 0.6) is 0 Å². The molecule has 0 aliphatic carbocycles. The minimum absolute atomic E-state index is 0.0448. The summed E-state index contributed by atoms with van der Waals surface area (Å²) in [5.74, 6) is -0.991. The van der Waals surface area contributed by atoms with E-state index in [4.69, 9.17) is 5.11 Å². The fourth-order valence-electron chi connectivity index (χ4n) is 3.63. The highest BCUT2D eigenvalue weighted by atomic mass is 19.4. The Bertz CT molecular complexity index is 1350. The summed E-state index contributed by atoms with van der Waals surface area (Å²) in [7, 11) is 0. The van der Waals surface area contributed by atoms with Crippen LogP contribution in [0, 0.1) is 0 Å². The third kappa shape index (κ3) is 4.58. The zero-order chi connectivity index (χ0) is 24.7. The molecule has 0 aliphatic heterocycles. The molecule has 4 rings (SSSR count). The first-order valence-electron chi connectivity index (χ1n) is 10.4. The SMILES string of the molecule is CC(C)(O)c1cn(-c2cccc(-c3ccc(C(=O)O)cc3)c2)c(-c2ccccc2C(F)(F)F)n1. The van der Waals surface area contributed by atoms with E-state index in [1.54, 1.807) is 30.3 Å². The maximum absolute atomic E-state index is 13.8. The molecule has 3 aromatic carbocycles. The summed E-state index contributed by atoms with van der Waals surface area (Å²) in [6, 6.07) is 18.5. The van der Waals surface area contributed by atoms with E-state index in [1.807, 2.05) is 6.07 Å². The van der Waals surface area contributed by atoms with Gasteiger partial charge in [0.2, 0.25) is 0 Å². The summed E-state index contributed by atoms with van der Waals surface area (Å²) < 4.78 is 42.8. The molecule has 1 aromatic heterocycles. The van der Waals surface area contributed by atoms with E-state index in [1.165, 1.54) is 54.9 Å². The van der Waals surface area contributed by atoms with Crippen molar-refractivity contribution in [2.45, 2.75) is 25.6 Å². The van der Waals surface area contributed by atoms with Gasteiger partial charge in [-0.15, -0.1) is 0 Å². The van der Waals surface area contributed by atoms with Gasteiger partial charge in [0.25, 0.3) is 0 Å². The zero-order valence-electron chi connectivity index (χ0n) is 18.3. The maximum Gasteiger partial charge on any atom is 0.417 e. The van der Waals surface area contributed by atoms with Crippen molar-refractivity contribution in [2.75, 3.05) is 0 Å². The van der Waals surface area contributed by atoms with E-state index >= 15 is 0 Å². The molecular formula is C26H21F3N2O3. The number of alkyl halides is 3. The zero-order valence-corrected chi connectivity index (χ0v) is 18.3. The van der Waals surface area contributed by atoms with Gasteiger partial charge in [-0.1, -0.05) is 42.5 Å². The molecule has 0 bridgehead atoms. The monoisotopic (exact) mass is 466 g/mol. The summed E-state index contributed by atoms with van der Waals surface area (Å²) in [4.78, 5) is 15.5. The lowest BCUT2D eigenvalue weighted by Crippen LogP contribution is -2.15. The highest BCUT2D eigenvalue weighted by Crippen LogP contribution is 2.38. The molecule has 0 atom stereocenters. The van der Waals surface area contributed by atoms with Crippen LogP contribution in [-0.4, -0.2) is 25.7 Å². The molecule has 8 heteroatoms. The quantitative estimate of drug-likeness (QED) is 0.370. The van der Waals surface area contributed by atoms with Gasteiger partial charge < -0.3 is 10.2 Å². The summed E-state index contributed by atoms with van der Waals surface area (Å²) in [5.41, 5.74) is 0.0688. The van der Waals surface area contributed by atoms with Gasteiger partial charge >= 0.3 is 12.1 Å². The summed E-state index contributed by atoms with van der Waals surface area (Å²) in [6.45, 7) is 3.03. The molecular weight excluding hydrogens is 445 g/mol. The average Bonchev–Trinajstić information content (AvgIpc) is 3.25. The van der Waals surface area contributed by atoms with Crippen molar-refractivity contribution in [3.63, 3.8) is 0 Å². The number of aromatic carboxylic acids is 1. The molecule has 0 aliphatic rings. The predicted octanol–water partition coefficient (Wildman–Crippen LogP) is 6.15. The Kier molecular flexibility index (Phi) is 5.79. The molecule has 5 nitrogen and oxygen atoms in total. The summed E-state index contributed by atoms with van der Waals surface area (Å²) in [5, 5.41) is 19.6. The van der Waals surface area contributed by atoms with Gasteiger partial charge in [0.05, 0.1) is 16.8 Å². The van der Waals surface area contributed by atoms with Crippen molar-refractivity contribution in [1.82, 2.24) is 9.55 Å². The van der Waals surface area contributed by atoms with Gasteiger partial charge in [0.15, 0.2) is 0 Å². The summed E-state index contributed by atoms with van der Waals surface area (Å²) >= 11 is 0. The Morgan fingerprint density at radius 1 is 0.912 bits per heavy atom. The van der Waals surface area contributed by atoms with Crippen LogP contribution in [0.15, 0.2) is 79.0 Å². The Hall–Kier alpha value is -3.91. The molecule has 0 spiro atoms. The van der Waals surface area contributed by atoms with Crippen molar-refractivity contribution in [2.24, 2.45) is 0 Å². The number of carboxylic acids is 1. The van der Waals surface area contributed by atoms with Crippen molar-refractivity contribution >= 4 is 5.97 Å². The first kappa shape index (κ1) is 23.3. The fourth-order valence-corrected chi connectivity index (χ4v) is 3.63. The number of rotatable bonds is 5. The van der Waals surface area contributed by atoms with Crippen LogP contribution in [0.1, 0.15) is 35.5 Å². The largest absolute Gasteiger partial charge is 0.478 e. The van der Waals surface area contributed by atoms with E-state index in [-0.39, 0.29) is 22.6 Å². The second-order valence-electron chi connectivity index (χ2n) is 8.35. The molecule has 34 heavy (non-hydrogen) atoms. The van der Waals surface area contributed by atoms with Crippen molar-refractivity contribution in [1.29, 1.82) is 0 Å². The number of nitrogens with zero attached hydrogens (tertiary/aromatic N) is 2. The highest BCUT2D eigenvalue weighted by Gasteiger charge is 2.35. The van der Waals surface area contributed by atoms with Crippen LogP contribution >= 0.6 is 0 Å². The van der Waals surface area contributed by atoms with Crippen LogP contribution < -0.4 is 0 Å². The Balaban J connectivity index is 1.89. The number of hydrogen-bond donors (Lipinski definition) is 2. The maximum atomic E-state index is 13.8. The number of hydrogen-bond acceptors (Lipinski definition) is 3. The number of carbonyl (C=O) groups is 1. The van der Waals surface area contributed by atoms with Gasteiger partial charge in [-0.3, -0.25) is 4.57 Å². The van der Waals surface area contributed by atoms with E-state index in [0.717, 1.165) is 17.2 Å². The van der Waals surface area contributed by atoms with E-state index in [0.29, 0.717) is 5.69 Å². The molecule has 0 saturated heterocycles. The number of benzene rings is 3. The summed E-state index contributed by atoms with van der Waals surface area (Å²) in [6.07, 6.45) is -3.06. The van der Waals surface area contributed by atoms with Gasteiger partial charge in [0.1, 0.15) is 11.4 Å². The number of halogens is 3. The molecule has 0 fully saturated rings. The Labute approximate surface area is 193 Å². The number of aliphatic hydroxyl groups is 1. The first-order chi connectivity index (χ1) is 15.9. The first-order valence-corrected chi connectivity index (χ1v) is 10.4. The second-order valence-corrected chi connectivity index (χ2v) is 8.35. The van der Waals surface area contributed by atoms with Crippen LogP contribution in [-0.2, 0) is 11.8 Å². The lowest BCUT2D eigenvalue weighted by molar-refractivity contribution is -0.137. The standard InChI is InChI=1S/C26H21F3N2O3/c1-25(2,34)22-15-31(23(30-22)20-8-3-4-9-21(20)26(27,28)29)19-7-5-6-18(14-19)16-10-12-17(13-11-16)24(32)33/h3-15,34H,1-2H3,(H,32,33). The predicted molar refractivity (Wildman–Crippen MR) is 122 cm³/mol. The molecule has 1 heterocycles. The third-order valence-corrected chi connectivity index (χ3v) is 5.40. The van der Waals surface area contributed by atoms with Crippen LogP contribution in [0.2, 0.25) is 0 Å². The Morgan fingerprint density at radius 3 is 2.21 bits per heavy atom. The van der Waals surface area contributed by atoms with Crippen LogP contribution in [0.25, 0.3) is 28.2 Å². The van der Waals surface area contributed by atoms with Crippen LogP contribution in [0.4, 0.5) is 13.2 Å². The Morgan fingerprint density at radius 2 is 1.59 bits per heavy atom. The molecule has 0 unspecified atom stereocenters. The lowest BCUT2D eigenvalue weighted by atomic mass is 10.0. The van der Waals surface area contributed by atoms with E-state index in [2.05, 4.69) is 4.98 Å². The lowest BCUT2D eigenvalue weighted by Gasteiger charge is -2.14. The molecule has 0 amide bonds. The van der Waals surface area contributed by atoms with Gasteiger partial charge in [-0.25, -0.2) is 9.78 Å². The van der Waals surface area contributed by atoms with Gasteiger partial charge in [-0.05, 0) is 55.3 Å². The van der Waals surface area contributed by atoms with Crippen molar-refractivity contribution in [3.05, 3.63) is 95.8 Å². The van der Waals surface area contributed by atoms with Gasteiger partial charge in [0, 0.05) is 17.4 Å². The molecule has 2 N–H and O–H groups in total.